The summed E-state index contributed by atoms with van der Waals surface area (Å²) in [5, 5.41) is 12.9. The second-order valence-electron chi connectivity index (χ2n) is 9.70. The summed E-state index contributed by atoms with van der Waals surface area (Å²) in [6.45, 7) is 0. The Labute approximate surface area is 217 Å². The Morgan fingerprint density at radius 1 is 0.658 bits per heavy atom. The van der Waals surface area contributed by atoms with E-state index in [4.69, 9.17) is 4.74 Å². The van der Waals surface area contributed by atoms with Crippen molar-refractivity contribution in [2.45, 2.75) is 17.4 Å². The standard InChI is InChI=1S/C33H21F3O2/c34-33(35,36)32(37)27-18-10-9-17-25(27)28-23-15-7-8-16-24(23)30-26(29(28)32)19-20-31(38-30,21-11-3-1-4-12-21)22-13-5-2-6-14-22/h1-20,37H. The molecule has 2 nitrogen and oxygen atoms in total. The van der Waals surface area contributed by atoms with Gasteiger partial charge in [-0.15, -0.1) is 0 Å². The lowest BCUT2D eigenvalue weighted by atomic mass is 9.80. The molecule has 7 rings (SSSR count). The maximum absolute atomic E-state index is 14.8. The van der Waals surface area contributed by atoms with E-state index >= 15 is 0 Å². The first-order valence-corrected chi connectivity index (χ1v) is 12.3. The minimum atomic E-state index is -4.95. The molecule has 0 aromatic heterocycles. The van der Waals surface area contributed by atoms with Gasteiger partial charge < -0.3 is 9.84 Å². The molecule has 1 aliphatic heterocycles. The summed E-state index contributed by atoms with van der Waals surface area (Å²) in [4.78, 5) is 0. The maximum atomic E-state index is 14.8. The highest BCUT2D eigenvalue weighted by Gasteiger charge is 2.62. The van der Waals surface area contributed by atoms with Crippen molar-refractivity contribution in [2.24, 2.45) is 0 Å². The van der Waals surface area contributed by atoms with Gasteiger partial charge in [0.05, 0.1) is 0 Å². The molecule has 5 heteroatoms. The Bertz CT molecular complexity index is 1700. The summed E-state index contributed by atoms with van der Waals surface area (Å²) >= 11 is 0. The molecular weight excluding hydrogens is 485 g/mol. The lowest BCUT2D eigenvalue weighted by Gasteiger charge is -2.38. The van der Waals surface area contributed by atoms with Gasteiger partial charge in [0.2, 0.25) is 5.60 Å². The molecule has 0 fully saturated rings. The first-order valence-electron chi connectivity index (χ1n) is 12.3. The van der Waals surface area contributed by atoms with E-state index in [0.29, 0.717) is 27.6 Å². The molecule has 2 aliphatic rings. The number of rotatable bonds is 2. The predicted octanol–water partition coefficient (Wildman–Crippen LogP) is 7.97. The van der Waals surface area contributed by atoms with Crippen LogP contribution in [0.15, 0.2) is 115 Å². The monoisotopic (exact) mass is 506 g/mol. The largest absolute Gasteiger partial charge is 0.472 e. The van der Waals surface area contributed by atoms with Gasteiger partial charge in [0, 0.05) is 33.2 Å². The fourth-order valence-electron chi connectivity index (χ4n) is 6.04. The van der Waals surface area contributed by atoms with Gasteiger partial charge in [-0.1, -0.05) is 115 Å². The van der Waals surface area contributed by atoms with Crippen LogP contribution in [-0.2, 0) is 11.2 Å². The van der Waals surface area contributed by atoms with Crippen molar-refractivity contribution in [2.75, 3.05) is 0 Å². The second kappa shape index (κ2) is 7.83. The lowest BCUT2D eigenvalue weighted by molar-refractivity contribution is -0.246. The van der Waals surface area contributed by atoms with Gasteiger partial charge >= 0.3 is 6.18 Å². The third-order valence-corrected chi connectivity index (χ3v) is 7.72. The van der Waals surface area contributed by atoms with Crippen LogP contribution in [0.1, 0.15) is 27.8 Å². The SMILES string of the molecule is OC1(C(F)(F)F)c2ccccc2-c2c1c1c(c3ccccc23)OC(c2ccccc2)(c2ccccc2)C=C1. The average Bonchev–Trinajstić information content (AvgIpc) is 3.24. The maximum Gasteiger partial charge on any atom is 0.425 e. The van der Waals surface area contributed by atoms with Gasteiger partial charge in [-0.05, 0) is 22.6 Å². The number of ether oxygens (including phenoxy) is 1. The number of halogens is 3. The Kier molecular flexibility index (Phi) is 4.70. The number of benzene rings is 5. The van der Waals surface area contributed by atoms with Crippen molar-refractivity contribution in [3.05, 3.63) is 143 Å². The molecule has 1 atom stereocenters. The van der Waals surface area contributed by atoms with E-state index in [1.54, 1.807) is 36.4 Å². The molecule has 0 amide bonds. The van der Waals surface area contributed by atoms with Gasteiger partial charge in [0.15, 0.2) is 5.60 Å². The molecule has 1 heterocycles. The van der Waals surface area contributed by atoms with Crippen molar-refractivity contribution < 1.29 is 23.0 Å². The summed E-state index contributed by atoms with van der Waals surface area (Å²) in [5.74, 6) is 0.310. The predicted molar refractivity (Wildman–Crippen MR) is 142 cm³/mol. The molecule has 0 bridgehead atoms. The molecular formula is C33H21F3O2. The fourth-order valence-corrected chi connectivity index (χ4v) is 6.04. The third kappa shape index (κ3) is 2.88. The zero-order valence-electron chi connectivity index (χ0n) is 20.0. The smallest absolute Gasteiger partial charge is 0.425 e. The Morgan fingerprint density at radius 2 is 1.21 bits per heavy atom. The van der Waals surface area contributed by atoms with E-state index in [1.807, 2.05) is 72.8 Å². The number of aliphatic hydroxyl groups is 1. The average molecular weight is 507 g/mol. The van der Waals surface area contributed by atoms with E-state index in [0.717, 1.165) is 11.1 Å². The van der Waals surface area contributed by atoms with Crippen LogP contribution in [0.25, 0.3) is 28.0 Å². The lowest BCUT2D eigenvalue weighted by Crippen LogP contribution is -2.43. The summed E-state index contributed by atoms with van der Waals surface area (Å²) in [5.41, 5.74) is -1.94. The van der Waals surface area contributed by atoms with Crippen LogP contribution < -0.4 is 4.74 Å². The van der Waals surface area contributed by atoms with E-state index < -0.39 is 17.4 Å². The summed E-state index contributed by atoms with van der Waals surface area (Å²) in [6.07, 6.45) is -1.46. The topological polar surface area (TPSA) is 29.5 Å². The summed E-state index contributed by atoms with van der Waals surface area (Å²) < 4.78 is 51.4. The quantitative estimate of drug-likeness (QED) is 0.263. The normalized spacial score (nSPS) is 18.9. The van der Waals surface area contributed by atoms with Crippen molar-refractivity contribution in [3.63, 3.8) is 0 Å². The van der Waals surface area contributed by atoms with Crippen molar-refractivity contribution in [3.8, 4) is 16.9 Å². The summed E-state index contributed by atoms with van der Waals surface area (Å²) in [6, 6.07) is 32.7. The van der Waals surface area contributed by atoms with Gasteiger partial charge in [0.1, 0.15) is 5.75 Å². The summed E-state index contributed by atoms with van der Waals surface area (Å²) in [7, 11) is 0. The van der Waals surface area contributed by atoms with Crippen LogP contribution in [-0.4, -0.2) is 11.3 Å². The van der Waals surface area contributed by atoms with Crippen LogP contribution in [0.3, 0.4) is 0 Å². The molecule has 5 aromatic carbocycles. The number of hydrogen-bond donors (Lipinski definition) is 1. The van der Waals surface area contributed by atoms with E-state index in [2.05, 4.69) is 0 Å². The van der Waals surface area contributed by atoms with Gasteiger partial charge in [-0.25, -0.2) is 0 Å². The zero-order valence-corrected chi connectivity index (χ0v) is 20.0. The fraction of sp³-hybridized carbons (Fsp3) is 0.0909. The molecule has 0 radical (unpaired) electrons. The molecule has 1 unspecified atom stereocenters. The van der Waals surface area contributed by atoms with Crippen LogP contribution in [0.2, 0.25) is 0 Å². The molecule has 38 heavy (non-hydrogen) atoms. The number of fused-ring (bicyclic) bond motifs is 8. The molecule has 5 aromatic rings. The van der Waals surface area contributed by atoms with E-state index in [-0.39, 0.29) is 16.7 Å². The second-order valence-corrected chi connectivity index (χ2v) is 9.70. The van der Waals surface area contributed by atoms with E-state index in [1.165, 1.54) is 12.1 Å². The van der Waals surface area contributed by atoms with Crippen molar-refractivity contribution in [1.29, 1.82) is 0 Å². The van der Waals surface area contributed by atoms with Crippen LogP contribution in [0.5, 0.6) is 5.75 Å². The molecule has 0 saturated heterocycles. The minimum absolute atomic E-state index is 0.169. The molecule has 0 saturated carbocycles. The Morgan fingerprint density at radius 3 is 1.84 bits per heavy atom. The van der Waals surface area contributed by atoms with Crippen molar-refractivity contribution >= 4 is 16.8 Å². The van der Waals surface area contributed by atoms with Crippen LogP contribution in [0.4, 0.5) is 13.2 Å². The van der Waals surface area contributed by atoms with Gasteiger partial charge in [0.25, 0.3) is 0 Å². The molecule has 1 aliphatic carbocycles. The van der Waals surface area contributed by atoms with E-state index in [9.17, 15) is 18.3 Å². The van der Waals surface area contributed by atoms with Crippen LogP contribution in [0, 0.1) is 0 Å². The Balaban J connectivity index is 1.61. The Hall–Kier alpha value is -4.35. The minimum Gasteiger partial charge on any atom is -0.472 e. The third-order valence-electron chi connectivity index (χ3n) is 7.72. The highest BCUT2D eigenvalue weighted by molar-refractivity contribution is 6.08. The highest BCUT2D eigenvalue weighted by Crippen LogP contribution is 2.61. The van der Waals surface area contributed by atoms with Gasteiger partial charge in [-0.2, -0.15) is 13.2 Å². The number of hydrogen-bond acceptors (Lipinski definition) is 2. The molecule has 0 spiro atoms. The van der Waals surface area contributed by atoms with Gasteiger partial charge in [-0.3, -0.25) is 0 Å². The number of alkyl halides is 3. The first kappa shape index (κ1) is 22.8. The highest BCUT2D eigenvalue weighted by atomic mass is 19.4. The first-order chi connectivity index (χ1) is 18.4. The van der Waals surface area contributed by atoms with Crippen molar-refractivity contribution in [1.82, 2.24) is 0 Å². The molecule has 1 N–H and O–H groups in total. The molecule has 186 valence electrons. The van der Waals surface area contributed by atoms with Crippen LogP contribution >= 0.6 is 0 Å². The zero-order chi connectivity index (χ0) is 26.1.